The molecule has 0 saturated heterocycles. The van der Waals surface area contributed by atoms with Gasteiger partial charge in [-0.3, -0.25) is 0 Å². The third-order valence-electron chi connectivity index (χ3n) is 12.4. The van der Waals surface area contributed by atoms with E-state index in [9.17, 15) is 0 Å². The van der Waals surface area contributed by atoms with Crippen LogP contribution in [-0.2, 0) is 14.1 Å². The standard InChI is InChI=1S/C56H52N4/c1-33-19-34(2)24-43(23-33)59(44-25-35(3)20-36(4)26-44)41-15-17-49-51(31-41)57(9)55-53(49)47-13-11-12-14-48(47)54-50-18-16-42(32-52(50)58(10)56(54)55)60(45-27-37(5)21-38(6)28-45)46-29-39(7)22-40(8)30-46/h11-32H,1-10H3. The molecule has 296 valence electrons. The molecule has 4 nitrogen and oxygen atoms in total. The van der Waals surface area contributed by atoms with Crippen LogP contribution in [0.25, 0.3) is 54.4 Å². The molecule has 0 aliphatic heterocycles. The Kier molecular flexibility index (Phi) is 8.69. The van der Waals surface area contributed by atoms with Crippen LogP contribution in [0.4, 0.5) is 34.1 Å². The van der Waals surface area contributed by atoms with Crippen molar-refractivity contribution in [2.45, 2.75) is 55.4 Å². The lowest BCUT2D eigenvalue weighted by molar-refractivity contribution is 0.986. The summed E-state index contributed by atoms with van der Waals surface area (Å²) in [7, 11) is 4.51. The molecule has 0 unspecified atom stereocenters. The van der Waals surface area contributed by atoms with Crippen LogP contribution < -0.4 is 9.80 Å². The number of benzene rings is 8. The van der Waals surface area contributed by atoms with Crippen LogP contribution in [0, 0.1) is 55.4 Å². The number of hydrogen-bond acceptors (Lipinski definition) is 2. The molecule has 0 radical (unpaired) electrons. The number of rotatable bonds is 6. The van der Waals surface area contributed by atoms with Gasteiger partial charge in [0.1, 0.15) is 0 Å². The largest absolute Gasteiger partial charge is 0.342 e. The van der Waals surface area contributed by atoms with E-state index in [0.29, 0.717) is 0 Å². The Labute approximate surface area is 353 Å². The summed E-state index contributed by atoms with van der Waals surface area (Å²) in [6.45, 7) is 17.5. The topological polar surface area (TPSA) is 16.3 Å². The maximum atomic E-state index is 2.45. The Morgan fingerprint density at radius 2 is 0.583 bits per heavy atom. The maximum absolute atomic E-state index is 2.45. The Morgan fingerprint density at radius 1 is 0.300 bits per heavy atom. The number of anilines is 6. The van der Waals surface area contributed by atoms with Gasteiger partial charge in [0.2, 0.25) is 0 Å². The van der Waals surface area contributed by atoms with E-state index in [1.807, 2.05) is 0 Å². The van der Waals surface area contributed by atoms with Gasteiger partial charge in [0, 0.05) is 69.8 Å². The highest BCUT2D eigenvalue weighted by atomic mass is 15.2. The van der Waals surface area contributed by atoms with Gasteiger partial charge < -0.3 is 18.9 Å². The normalized spacial score (nSPS) is 11.8. The summed E-state index contributed by atoms with van der Waals surface area (Å²) in [6.07, 6.45) is 0. The van der Waals surface area contributed by atoms with Crippen LogP contribution in [0.2, 0.25) is 0 Å². The van der Waals surface area contributed by atoms with Gasteiger partial charge in [-0.1, -0.05) is 60.7 Å². The van der Waals surface area contributed by atoms with E-state index in [-0.39, 0.29) is 0 Å². The average Bonchev–Trinajstić information content (AvgIpc) is 3.63. The first-order chi connectivity index (χ1) is 28.8. The molecule has 0 N–H and O–H groups in total. The molecular formula is C56H52N4. The van der Waals surface area contributed by atoms with Gasteiger partial charge in [-0.05, 0) is 183 Å². The summed E-state index contributed by atoms with van der Waals surface area (Å²) >= 11 is 0. The zero-order valence-corrected chi connectivity index (χ0v) is 36.5. The molecule has 10 aromatic rings. The molecule has 60 heavy (non-hydrogen) atoms. The Bertz CT molecular complexity index is 2980. The van der Waals surface area contributed by atoms with E-state index < -0.39 is 0 Å². The second kappa shape index (κ2) is 13.9. The first-order valence-electron chi connectivity index (χ1n) is 21.1. The molecule has 8 aromatic carbocycles. The van der Waals surface area contributed by atoms with Gasteiger partial charge in [-0.15, -0.1) is 0 Å². The highest BCUT2D eigenvalue weighted by Gasteiger charge is 2.24. The zero-order chi connectivity index (χ0) is 41.7. The van der Waals surface area contributed by atoms with Crippen molar-refractivity contribution in [2.24, 2.45) is 14.1 Å². The quantitative estimate of drug-likeness (QED) is 0.167. The predicted molar refractivity (Wildman–Crippen MR) is 259 cm³/mol. The molecule has 0 saturated carbocycles. The monoisotopic (exact) mass is 780 g/mol. The Hall–Kier alpha value is -6.78. The van der Waals surface area contributed by atoms with E-state index >= 15 is 0 Å². The van der Waals surface area contributed by atoms with Crippen LogP contribution in [0.5, 0.6) is 0 Å². The van der Waals surface area contributed by atoms with Crippen LogP contribution >= 0.6 is 0 Å². The summed E-state index contributed by atoms with van der Waals surface area (Å²) in [6, 6.07) is 50.6. The Balaban J connectivity index is 1.25. The first-order valence-corrected chi connectivity index (χ1v) is 21.1. The van der Waals surface area contributed by atoms with Crippen LogP contribution in [0.15, 0.2) is 133 Å². The predicted octanol–water partition coefficient (Wildman–Crippen LogP) is 15.5. The molecule has 10 rings (SSSR count). The SMILES string of the molecule is Cc1cc(C)cc(N(c2cc(C)cc(C)c2)c2ccc3c4c5ccccc5c5c6ccc(N(c7cc(C)cc(C)c7)c7cc(C)cc(C)c7)cc6n(C)c5c4n(C)c3c2)c1. The van der Waals surface area contributed by atoms with Crippen molar-refractivity contribution in [3.8, 4) is 0 Å². The summed E-state index contributed by atoms with van der Waals surface area (Å²) < 4.78 is 4.89. The van der Waals surface area contributed by atoms with Gasteiger partial charge >= 0.3 is 0 Å². The second-order valence-corrected chi connectivity index (χ2v) is 17.6. The molecule has 2 aromatic heterocycles. The maximum Gasteiger partial charge on any atom is 0.0742 e. The molecule has 0 spiro atoms. The number of nitrogens with zero attached hydrogens (tertiary/aromatic N) is 4. The molecule has 0 fully saturated rings. The van der Waals surface area contributed by atoms with Crippen molar-refractivity contribution in [1.82, 2.24) is 9.13 Å². The second-order valence-electron chi connectivity index (χ2n) is 17.6. The van der Waals surface area contributed by atoms with Crippen molar-refractivity contribution < 1.29 is 0 Å². The van der Waals surface area contributed by atoms with Gasteiger partial charge in [-0.25, -0.2) is 0 Å². The Morgan fingerprint density at radius 3 is 0.867 bits per heavy atom. The van der Waals surface area contributed by atoms with E-state index in [0.717, 1.165) is 11.4 Å². The molecule has 0 amide bonds. The van der Waals surface area contributed by atoms with Crippen molar-refractivity contribution in [1.29, 1.82) is 0 Å². The zero-order valence-electron chi connectivity index (χ0n) is 36.5. The minimum Gasteiger partial charge on any atom is -0.342 e. The fourth-order valence-electron chi connectivity index (χ4n) is 10.4. The highest BCUT2D eigenvalue weighted by Crippen LogP contribution is 2.47. The van der Waals surface area contributed by atoms with Crippen molar-refractivity contribution in [3.63, 3.8) is 0 Å². The van der Waals surface area contributed by atoms with Gasteiger partial charge in [0.15, 0.2) is 0 Å². The summed E-state index contributed by atoms with van der Waals surface area (Å²) in [5.74, 6) is 0. The van der Waals surface area contributed by atoms with Crippen LogP contribution in [0.1, 0.15) is 44.5 Å². The number of hydrogen-bond donors (Lipinski definition) is 0. The lowest BCUT2D eigenvalue weighted by Crippen LogP contribution is -2.11. The third kappa shape index (κ3) is 6.04. The van der Waals surface area contributed by atoms with E-state index in [4.69, 9.17) is 0 Å². The molecule has 0 atom stereocenters. The van der Waals surface area contributed by atoms with Crippen molar-refractivity contribution in [3.05, 3.63) is 178 Å². The summed E-state index contributed by atoms with van der Waals surface area (Å²) in [4.78, 5) is 4.86. The molecule has 0 aliphatic rings. The smallest absolute Gasteiger partial charge is 0.0742 e. The van der Waals surface area contributed by atoms with Crippen LogP contribution in [0.3, 0.4) is 0 Å². The third-order valence-corrected chi connectivity index (χ3v) is 12.4. The minimum absolute atomic E-state index is 1.14. The summed E-state index contributed by atoms with van der Waals surface area (Å²) in [5, 5.41) is 7.67. The number of aromatic nitrogens is 2. The highest BCUT2D eigenvalue weighted by molar-refractivity contribution is 6.36. The average molecular weight is 781 g/mol. The lowest BCUT2D eigenvalue weighted by Gasteiger charge is -2.27. The summed E-state index contributed by atoms with van der Waals surface area (Å²) in [5.41, 5.74) is 21.9. The molecule has 4 heteroatoms. The van der Waals surface area contributed by atoms with Crippen molar-refractivity contribution in [2.75, 3.05) is 9.80 Å². The molecule has 2 heterocycles. The van der Waals surface area contributed by atoms with Gasteiger partial charge in [0.25, 0.3) is 0 Å². The molecule has 0 bridgehead atoms. The fourth-order valence-corrected chi connectivity index (χ4v) is 10.4. The van der Waals surface area contributed by atoms with E-state index in [1.165, 1.54) is 122 Å². The molecular weight excluding hydrogens is 729 g/mol. The fraction of sp³-hybridized carbons (Fsp3) is 0.179. The molecule has 0 aliphatic carbocycles. The van der Waals surface area contributed by atoms with E-state index in [1.54, 1.807) is 0 Å². The van der Waals surface area contributed by atoms with Crippen molar-refractivity contribution >= 4 is 88.5 Å². The first kappa shape index (κ1) is 37.5. The number of fused-ring (bicyclic) bond motifs is 10. The minimum atomic E-state index is 1.14. The van der Waals surface area contributed by atoms with E-state index in [2.05, 4.69) is 222 Å². The van der Waals surface area contributed by atoms with Gasteiger partial charge in [0.05, 0.1) is 22.1 Å². The van der Waals surface area contributed by atoms with Gasteiger partial charge in [-0.2, -0.15) is 0 Å². The van der Waals surface area contributed by atoms with Crippen LogP contribution in [-0.4, -0.2) is 9.13 Å². The number of aryl methyl sites for hydroxylation is 10. The lowest BCUT2D eigenvalue weighted by atomic mass is 9.98.